The maximum absolute atomic E-state index is 9.04. The summed E-state index contributed by atoms with van der Waals surface area (Å²) in [5, 5.41) is 20.0. The van der Waals surface area contributed by atoms with E-state index in [4.69, 9.17) is 10.5 Å². The lowest BCUT2D eigenvalue weighted by Gasteiger charge is -2.19. The number of nitrogens with zero attached hydrogens (tertiary/aromatic N) is 2. The Bertz CT molecular complexity index is 692. The van der Waals surface area contributed by atoms with Gasteiger partial charge in [0.2, 0.25) is 0 Å². The first kappa shape index (κ1) is 12.1. The highest BCUT2D eigenvalue weighted by Gasteiger charge is 2.14. The minimum Gasteiger partial charge on any atom is -0.192 e. The summed E-state index contributed by atoms with van der Waals surface area (Å²) >= 11 is 0. The minimum absolute atomic E-state index is 0.0783. The largest absolute Gasteiger partial charge is 0.192 e. The van der Waals surface area contributed by atoms with Crippen LogP contribution < -0.4 is 0 Å². The molecule has 2 aromatic rings. The van der Waals surface area contributed by atoms with Crippen molar-refractivity contribution in [3.05, 3.63) is 47.0 Å². The van der Waals surface area contributed by atoms with Crippen molar-refractivity contribution < 1.29 is 0 Å². The van der Waals surface area contributed by atoms with Crippen LogP contribution in [0.4, 0.5) is 0 Å². The van der Waals surface area contributed by atoms with E-state index in [1.54, 1.807) is 12.1 Å². The molecule has 2 rings (SSSR count). The van der Waals surface area contributed by atoms with Gasteiger partial charge in [-0.1, -0.05) is 39.0 Å². The number of hydrogen-bond donors (Lipinski definition) is 0. The minimum atomic E-state index is 0.0783. The molecule has 0 saturated carbocycles. The maximum Gasteiger partial charge on any atom is 0.101 e. The molecule has 0 aliphatic heterocycles. The molecular formula is C16H14N2. The number of hydrogen-bond acceptors (Lipinski definition) is 2. The smallest absolute Gasteiger partial charge is 0.101 e. The molecule has 0 saturated heterocycles. The molecule has 0 radical (unpaired) electrons. The van der Waals surface area contributed by atoms with Gasteiger partial charge < -0.3 is 0 Å². The molecule has 0 aromatic heterocycles. The molecule has 0 unspecified atom stereocenters. The fourth-order valence-corrected chi connectivity index (χ4v) is 1.95. The van der Waals surface area contributed by atoms with Crippen molar-refractivity contribution in [1.82, 2.24) is 0 Å². The Morgan fingerprint density at radius 3 is 1.89 bits per heavy atom. The summed E-state index contributed by atoms with van der Waals surface area (Å²) in [5.41, 5.74) is 2.18. The van der Waals surface area contributed by atoms with E-state index in [1.165, 1.54) is 5.56 Å². The maximum atomic E-state index is 9.04. The monoisotopic (exact) mass is 234 g/mol. The number of nitriles is 2. The fourth-order valence-electron chi connectivity index (χ4n) is 1.95. The van der Waals surface area contributed by atoms with E-state index >= 15 is 0 Å². The van der Waals surface area contributed by atoms with Crippen molar-refractivity contribution in [1.29, 1.82) is 10.5 Å². The molecule has 0 bridgehead atoms. The summed E-state index contributed by atoms with van der Waals surface area (Å²) in [5.74, 6) is 0. The summed E-state index contributed by atoms with van der Waals surface area (Å²) in [6.45, 7) is 6.47. The Labute approximate surface area is 107 Å². The summed E-state index contributed by atoms with van der Waals surface area (Å²) in [7, 11) is 0. The van der Waals surface area contributed by atoms with Crippen LogP contribution in [0.3, 0.4) is 0 Å². The van der Waals surface area contributed by atoms with Crippen LogP contribution >= 0.6 is 0 Å². The van der Waals surface area contributed by atoms with E-state index < -0.39 is 0 Å². The Morgan fingerprint density at radius 2 is 1.39 bits per heavy atom. The van der Waals surface area contributed by atoms with Crippen molar-refractivity contribution in [2.24, 2.45) is 0 Å². The zero-order valence-electron chi connectivity index (χ0n) is 10.8. The van der Waals surface area contributed by atoms with Crippen LogP contribution in [0.1, 0.15) is 37.5 Å². The zero-order chi connectivity index (χ0) is 13.3. The third-order valence-corrected chi connectivity index (χ3v) is 3.08. The van der Waals surface area contributed by atoms with Crippen LogP contribution in [0, 0.1) is 22.7 Å². The van der Waals surface area contributed by atoms with Crippen molar-refractivity contribution in [2.75, 3.05) is 0 Å². The molecule has 0 spiro atoms. The van der Waals surface area contributed by atoms with Crippen LogP contribution in [0.2, 0.25) is 0 Å². The van der Waals surface area contributed by atoms with Crippen LogP contribution in [0.15, 0.2) is 30.3 Å². The van der Waals surface area contributed by atoms with Gasteiger partial charge in [-0.2, -0.15) is 10.5 Å². The van der Waals surface area contributed by atoms with Crippen molar-refractivity contribution in [3.63, 3.8) is 0 Å². The lowest BCUT2D eigenvalue weighted by Crippen LogP contribution is -2.10. The van der Waals surface area contributed by atoms with Crippen LogP contribution in [-0.2, 0) is 5.41 Å². The Kier molecular flexibility index (Phi) is 2.81. The first-order chi connectivity index (χ1) is 8.45. The number of benzene rings is 2. The van der Waals surface area contributed by atoms with Crippen molar-refractivity contribution >= 4 is 10.8 Å². The second-order valence-electron chi connectivity index (χ2n) is 5.43. The van der Waals surface area contributed by atoms with Crippen molar-refractivity contribution in [2.45, 2.75) is 26.2 Å². The molecule has 0 atom stereocenters. The predicted molar refractivity (Wildman–Crippen MR) is 72.1 cm³/mol. The van der Waals surface area contributed by atoms with Gasteiger partial charge in [-0.25, -0.2) is 0 Å². The SMILES string of the molecule is CC(C)(C)c1ccc2cc(C#N)c(C#N)cc2c1. The zero-order valence-corrected chi connectivity index (χ0v) is 10.8. The van der Waals surface area contributed by atoms with Gasteiger partial charge in [0.05, 0.1) is 11.1 Å². The Morgan fingerprint density at radius 1 is 0.833 bits per heavy atom. The predicted octanol–water partition coefficient (Wildman–Crippen LogP) is 3.88. The first-order valence-electron chi connectivity index (χ1n) is 5.84. The Hall–Kier alpha value is -2.32. The number of rotatable bonds is 0. The van der Waals surface area contributed by atoms with Gasteiger partial charge in [-0.05, 0) is 33.9 Å². The van der Waals surface area contributed by atoms with Crippen LogP contribution in [0.25, 0.3) is 10.8 Å². The summed E-state index contributed by atoms with van der Waals surface area (Å²) < 4.78 is 0. The normalized spacial score (nSPS) is 10.9. The lowest BCUT2D eigenvalue weighted by molar-refractivity contribution is 0.591. The fraction of sp³-hybridized carbons (Fsp3) is 0.250. The van der Waals surface area contributed by atoms with E-state index in [9.17, 15) is 0 Å². The van der Waals surface area contributed by atoms with Crippen LogP contribution in [0.5, 0.6) is 0 Å². The molecule has 2 nitrogen and oxygen atoms in total. The van der Waals surface area contributed by atoms with Gasteiger partial charge in [0, 0.05) is 0 Å². The van der Waals surface area contributed by atoms with E-state index in [2.05, 4.69) is 45.0 Å². The van der Waals surface area contributed by atoms with E-state index in [0.29, 0.717) is 11.1 Å². The standard InChI is InChI=1S/C16H14N2/c1-16(2,3)15-5-4-11-6-13(9-17)14(10-18)7-12(11)8-15/h4-8H,1-3H3. The van der Waals surface area contributed by atoms with Crippen LogP contribution in [-0.4, -0.2) is 0 Å². The van der Waals surface area contributed by atoms with Gasteiger partial charge >= 0.3 is 0 Å². The molecule has 0 aliphatic carbocycles. The molecule has 2 aromatic carbocycles. The molecular weight excluding hydrogens is 220 g/mol. The van der Waals surface area contributed by atoms with Gasteiger partial charge in [-0.3, -0.25) is 0 Å². The van der Waals surface area contributed by atoms with E-state index in [0.717, 1.165) is 10.8 Å². The van der Waals surface area contributed by atoms with Gasteiger partial charge in [0.15, 0.2) is 0 Å². The van der Waals surface area contributed by atoms with E-state index in [-0.39, 0.29) is 5.41 Å². The molecule has 0 amide bonds. The second-order valence-corrected chi connectivity index (χ2v) is 5.43. The third kappa shape index (κ3) is 2.06. The van der Waals surface area contributed by atoms with Crippen molar-refractivity contribution in [3.8, 4) is 12.1 Å². The molecule has 0 N–H and O–H groups in total. The molecule has 88 valence electrons. The molecule has 0 aliphatic rings. The second kappa shape index (κ2) is 4.17. The average molecular weight is 234 g/mol. The average Bonchev–Trinajstić information content (AvgIpc) is 2.35. The summed E-state index contributed by atoms with van der Waals surface area (Å²) in [6.07, 6.45) is 0. The Balaban J connectivity index is 2.73. The number of fused-ring (bicyclic) bond motifs is 1. The molecule has 0 fully saturated rings. The van der Waals surface area contributed by atoms with Gasteiger partial charge in [0.1, 0.15) is 12.1 Å². The topological polar surface area (TPSA) is 47.6 Å². The van der Waals surface area contributed by atoms with Gasteiger partial charge in [-0.15, -0.1) is 0 Å². The first-order valence-corrected chi connectivity index (χ1v) is 5.84. The molecule has 0 heterocycles. The highest BCUT2D eigenvalue weighted by molar-refractivity contribution is 5.86. The third-order valence-electron chi connectivity index (χ3n) is 3.08. The quantitative estimate of drug-likeness (QED) is 0.694. The highest BCUT2D eigenvalue weighted by atomic mass is 14.3. The van der Waals surface area contributed by atoms with Gasteiger partial charge in [0.25, 0.3) is 0 Å². The molecule has 2 heteroatoms. The molecule has 18 heavy (non-hydrogen) atoms. The lowest BCUT2D eigenvalue weighted by atomic mass is 9.85. The summed E-state index contributed by atoms with van der Waals surface area (Å²) in [4.78, 5) is 0. The summed E-state index contributed by atoms with van der Waals surface area (Å²) in [6, 6.07) is 13.9. The van der Waals surface area contributed by atoms with E-state index in [1.807, 2.05) is 6.07 Å². The highest BCUT2D eigenvalue weighted by Crippen LogP contribution is 2.27.